The number of rotatable bonds is 8. The van der Waals surface area contributed by atoms with Crippen LogP contribution in [0, 0.1) is 11.3 Å². The fourth-order valence-electron chi connectivity index (χ4n) is 3.91. The predicted molar refractivity (Wildman–Crippen MR) is 122 cm³/mol. The Labute approximate surface area is 206 Å². The van der Waals surface area contributed by atoms with E-state index in [0.29, 0.717) is 11.1 Å². The summed E-state index contributed by atoms with van der Waals surface area (Å²) in [5.41, 5.74) is -0.917. The second-order valence-corrected chi connectivity index (χ2v) is 11.3. The second kappa shape index (κ2) is 9.66. The third-order valence-electron chi connectivity index (χ3n) is 6.56. The molecule has 2 unspecified atom stereocenters. The molecular weight excluding hydrogens is 501 g/mol. The number of amides is 3. The molecule has 2 aromatic carbocycles. The van der Waals surface area contributed by atoms with Crippen molar-refractivity contribution in [3.05, 3.63) is 54.1 Å². The van der Waals surface area contributed by atoms with Crippen molar-refractivity contribution < 1.29 is 41.2 Å². The van der Waals surface area contributed by atoms with Gasteiger partial charge in [0.25, 0.3) is 0 Å². The summed E-state index contributed by atoms with van der Waals surface area (Å²) in [6, 6.07) is 8.28. The summed E-state index contributed by atoms with van der Waals surface area (Å²) in [5.74, 6) is -2.52. The Morgan fingerprint density at radius 1 is 1.06 bits per heavy atom. The molecule has 8 nitrogen and oxygen atoms in total. The van der Waals surface area contributed by atoms with Crippen LogP contribution in [0.2, 0.25) is 0 Å². The lowest BCUT2D eigenvalue weighted by atomic mass is 9.82. The van der Waals surface area contributed by atoms with Gasteiger partial charge in [-0.2, -0.15) is 13.2 Å². The summed E-state index contributed by atoms with van der Waals surface area (Å²) in [4.78, 5) is 37.1. The third-order valence-corrected chi connectivity index (χ3v) is 8.38. The molecule has 0 saturated carbocycles. The van der Waals surface area contributed by atoms with Crippen LogP contribution in [0.4, 0.5) is 13.2 Å². The Kier molecular flexibility index (Phi) is 7.34. The Morgan fingerprint density at radius 2 is 1.56 bits per heavy atom. The largest absolute Gasteiger partial charge is 0.416 e. The lowest BCUT2D eigenvalue weighted by Gasteiger charge is -2.27. The number of hydrogen-bond donors (Lipinski definition) is 1. The van der Waals surface area contributed by atoms with Crippen LogP contribution in [0.1, 0.15) is 26.3 Å². The van der Waals surface area contributed by atoms with Crippen molar-refractivity contribution in [3.63, 3.8) is 0 Å². The van der Waals surface area contributed by atoms with E-state index in [0.717, 1.165) is 17.0 Å². The number of benzene rings is 2. The van der Waals surface area contributed by atoms with Gasteiger partial charge in [0.1, 0.15) is 0 Å². The number of carbonyl (C=O) groups excluding carboxylic acids is 3. The van der Waals surface area contributed by atoms with Crippen molar-refractivity contribution >= 4 is 28.1 Å². The highest BCUT2D eigenvalue weighted by molar-refractivity contribution is 7.91. The maximum Gasteiger partial charge on any atom is 0.416 e. The molecule has 1 heterocycles. The topological polar surface area (TPSA) is 112 Å². The number of hydroxylamine groups is 2. The summed E-state index contributed by atoms with van der Waals surface area (Å²) in [7, 11) is -4.12. The molecule has 3 amide bonds. The van der Waals surface area contributed by atoms with E-state index in [4.69, 9.17) is 0 Å². The number of alkyl halides is 3. The quantitative estimate of drug-likeness (QED) is 0.244. The van der Waals surface area contributed by atoms with Crippen molar-refractivity contribution in [3.8, 4) is 11.1 Å². The molecule has 2 aromatic rings. The highest BCUT2D eigenvalue weighted by Gasteiger charge is 2.51. The number of carbonyl (C=O) groups is 3. The first-order valence-electron chi connectivity index (χ1n) is 10.9. The van der Waals surface area contributed by atoms with E-state index < -0.39 is 63.1 Å². The van der Waals surface area contributed by atoms with Crippen LogP contribution in [-0.4, -0.2) is 60.2 Å². The molecule has 1 aliphatic heterocycles. The number of imide groups is 1. The zero-order chi connectivity index (χ0) is 27.1. The minimum Gasteiger partial charge on any atom is -0.286 e. The number of halogens is 3. The molecule has 1 N–H and O–H groups in total. The highest BCUT2D eigenvalue weighted by atomic mass is 32.2. The van der Waals surface area contributed by atoms with E-state index in [1.807, 2.05) is 0 Å². The molecule has 1 aliphatic rings. The van der Waals surface area contributed by atoms with Crippen molar-refractivity contribution in [1.29, 1.82) is 0 Å². The fraction of sp³-hybridized carbons (Fsp3) is 0.375. The van der Waals surface area contributed by atoms with Crippen LogP contribution < -0.4 is 0 Å². The molecule has 2 atom stereocenters. The average Bonchev–Trinajstić information content (AvgIpc) is 2.97. The van der Waals surface area contributed by atoms with Gasteiger partial charge in [-0.15, -0.1) is 0 Å². The SMILES string of the molecule is CC1C(=O)N(CC(CS(=O)(=O)c2ccc(-c3ccc(C(F)(F)F)cc3)cc2)N(O)C=O)C(=O)C1(C)C. The number of hydrogen-bond acceptors (Lipinski definition) is 6. The van der Waals surface area contributed by atoms with E-state index in [9.17, 15) is 41.2 Å². The van der Waals surface area contributed by atoms with Gasteiger partial charge < -0.3 is 0 Å². The van der Waals surface area contributed by atoms with Crippen LogP contribution in [0.15, 0.2) is 53.4 Å². The summed E-state index contributed by atoms with van der Waals surface area (Å²) in [5, 5.41) is 10.1. The van der Waals surface area contributed by atoms with E-state index in [-0.39, 0.29) is 16.4 Å². The van der Waals surface area contributed by atoms with Gasteiger partial charge in [-0.25, -0.2) is 13.5 Å². The van der Waals surface area contributed by atoms with Crippen molar-refractivity contribution in [2.75, 3.05) is 12.3 Å². The summed E-state index contributed by atoms with van der Waals surface area (Å²) >= 11 is 0. The Balaban J connectivity index is 1.81. The summed E-state index contributed by atoms with van der Waals surface area (Å²) < 4.78 is 64.4. The smallest absolute Gasteiger partial charge is 0.286 e. The number of likely N-dealkylation sites (tertiary alicyclic amines) is 1. The van der Waals surface area contributed by atoms with E-state index in [1.165, 1.54) is 36.4 Å². The predicted octanol–water partition coefficient (Wildman–Crippen LogP) is 3.39. The molecule has 0 spiro atoms. The lowest BCUT2D eigenvalue weighted by Crippen LogP contribution is -2.48. The van der Waals surface area contributed by atoms with Crippen LogP contribution in [0.5, 0.6) is 0 Å². The molecule has 36 heavy (non-hydrogen) atoms. The first-order chi connectivity index (χ1) is 16.6. The summed E-state index contributed by atoms with van der Waals surface area (Å²) in [6.07, 6.45) is -4.49. The van der Waals surface area contributed by atoms with Gasteiger partial charge in [0.15, 0.2) is 9.84 Å². The molecule has 12 heteroatoms. The lowest BCUT2D eigenvalue weighted by molar-refractivity contribution is -0.163. The van der Waals surface area contributed by atoms with E-state index in [1.54, 1.807) is 20.8 Å². The van der Waals surface area contributed by atoms with Crippen LogP contribution in [-0.2, 0) is 30.4 Å². The standard InChI is InChI=1S/C24H25F3N2O6S/c1-15-21(31)28(22(32)23(15,2)3)12-19(29(33)14-30)13-36(34,35)20-10-6-17(7-11-20)16-4-8-18(9-5-16)24(25,26)27/h4-11,14-15,19,33H,12-13H2,1-3H3. The second-order valence-electron chi connectivity index (χ2n) is 9.22. The number of sulfone groups is 1. The molecule has 0 radical (unpaired) electrons. The first-order valence-corrected chi connectivity index (χ1v) is 12.5. The van der Waals surface area contributed by atoms with Crippen LogP contribution in [0.3, 0.4) is 0 Å². The van der Waals surface area contributed by atoms with Gasteiger partial charge in [0.2, 0.25) is 18.2 Å². The average molecular weight is 527 g/mol. The molecule has 0 bridgehead atoms. The van der Waals surface area contributed by atoms with Crippen molar-refractivity contribution in [2.45, 2.75) is 37.9 Å². The zero-order valence-corrected chi connectivity index (χ0v) is 20.5. The molecule has 194 valence electrons. The fourth-order valence-corrected chi connectivity index (χ4v) is 5.42. The Morgan fingerprint density at radius 3 is 1.97 bits per heavy atom. The van der Waals surface area contributed by atoms with Gasteiger partial charge >= 0.3 is 6.18 Å². The molecular formula is C24H25F3N2O6S. The summed E-state index contributed by atoms with van der Waals surface area (Å²) in [6.45, 7) is 4.22. The molecule has 3 rings (SSSR count). The highest BCUT2D eigenvalue weighted by Crippen LogP contribution is 2.37. The van der Waals surface area contributed by atoms with Gasteiger partial charge in [0.05, 0.1) is 34.2 Å². The Hall–Kier alpha value is -3.25. The normalized spacial score (nSPS) is 18.9. The minimum absolute atomic E-state index is 0.00646. The zero-order valence-electron chi connectivity index (χ0n) is 19.7. The van der Waals surface area contributed by atoms with E-state index in [2.05, 4.69) is 0 Å². The third kappa shape index (κ3) is 5.29. The van der Waals surface area contributed by atoms with Gasteiger partial charge in [0, 0.05) is 5.92 Å². The van der Waals surface area contributed by atoms with Gasteiger partial charge in [-0.1, -0.05) is 45.0 Å². The Bertz CT molecular complexity index is 1260. The van der Waals surface area contributed by atoms with Crippen molar-refractivity contribution in [1.82, 2.24) is 9.96 Å². The molecule has 0 aromatic heterocycles. The van der Waals surface area contributed by atoms with Gasteiger partial charge in [-0.05, 0) is 35.4 Å². The maximum absolute atomic E-state index is 13.0. The van der Waals surface area contributed by atoms with Crippen molar-refractivity contribution in [2.24, 2.45) is 11.3 Å². The maximum atomic E-state index is 13.0. The monoisotopic (exact) mass is 526 g/mol. The molecule has 1 fully saturated rings. The van der Waals surface area contributed by atoms with Crippen LogP contribution in [0.25, 0.3) is 11.1 Å². The molecule has 0 aliphatic carbocycles. The molecule has 1 saturated heterocycles. The van der Waals surface area contributed by atoms with Gasteiger partial charge in [-0.3, -0.25) is 24.5 Å². The van der Waals surface area contributed by atoms with E-state index >= 15 is 0 Å². The van der Waals surface area contributed by atoms with Crippen LogP contribution >= 0.6 is 0 Å². The number of nitrogens with zero attached hydrogens (tertiary/aromatic N) is 2. The minimum atomic E-state index is -4.48. The first kappa shape index (κ1) is 27.3.